The number of fused-ring (bicyclic) bond motifs is 10. The molecule has 0 aliphatic carbocycles. The Hall–Kier alpha value is -7.26. The molecule has 2 aromatic heterocycles. The van der Waals surface area contributed by atoms with Gasteiger partial charge in [-0.15, -0.1) is 11.3 Å². The van der Waals surface area contributed by atoms with Gasteiger partial charge in [0.25, 0.3) is 0 Å². The van der Waals surface area contributed by atoms with E-state index in [1.54, 1.807) is 0 Å². The van der Waals surface area contributed by atoms with Gasteiger partial charge in [-0.05, 0) is 105 Å². The third-order valence-electron chi connectivity index (χ3n) is 13.0. The summed E-state index contributed by atoms with van der Waals surface area (Å²) >= 11 is 1.87. The zero-order valence-electron chi connectivity index (χ0n) is 34.6. The maximum absolute atomic E-state index is 7.24. The lowest BCUT2D eigenvalue weighted by Gasteiger charge is -2.23. The predicted molar refractivity (Wildman–Crippen MR) is 264 cm³/mol. The fraction of sp³-hybridized carbons (Fsp3) is 0.0667. The normalized spacial score (nSPS) is 12.4. The summed E-state index contributed by atoms with van der Waals surface area (Å²) in [7, 11) is 0. The molecular formula is C60H42OS. The maximum atomic E-state index is 7.24. The SMILES string of the molecule is Cc1cccc(C(c2cccc(C)c2)c2cc3ccccc3c3c2ccc2c4ccc(C(c5ccc(-c6ccccc6)cc5)c5cccc6sc7ccccc7c56)cc4oc23)c1. The molecule has 0 saturated carbocycles. The second-order valence-corrected chi connectivity index (χ2v) is 18.0. The molecule has 0 radical (unpaired) electrons. The lowest BCUT2D eigenvalue weighted by atomic mass is 9.80. The number of thiophene rings is 1. The highest BCUT2D eigenvalue weighted by Crippen LogP contribution is 2.47. The fourth-order valence-electron chi connectivity index (χ4n) is 10.2. The first kappa shape index (κ1) is 36.6. The number of rotatable bonds is 7. The lowest BCUT2D eigenvalue weighted by Crippen LogP contribution is -2.05. The van der Waals surface area contributed by atoms with Crippen LogP contribution in [0.1, 0.15) is 56.3 Å². The van der Waals surface area contributed by atoms with Crippen molar-refractivity contribution in [3.8, 4) is 11.1 Å². The molecule has 0 saturated heterocycles. The smallest absolute Gasteiger partial charge is 0.143 e. The third-order valence-corrected chi connectivity index (χ3v) is 14.1. The molecule has 0 amide bonds. The average molecular weight is 811 g/mol. The van der Waals surface area contributed by atoms with Crippen LogP contribution in [0.25, 0.3) is 74.8 Å². The highest BCUT2D eigenvalue weighted by atomic mass is 32.1. The van der Waals surface area contributed by atoms with Crippen LogP contribution in [-0.2, 0) is 0 Å². The van der Waals surface area contributed by atoms with Crippen LogP contribution in [0.5, 0.6) is 0 Å². The topological polar surface area (TPSA) is 13.1 Å². The van der Waals surface area contributed by atoms with Crippen molar-refractivity contribution in [3.63, 3.8) is 0 Å². The number of benzene rings is 10. The lowest BCUT2D eigenvalue weighted by molar-refractivity contribution is 0.672. The van der Waals surface area contributed by atoms with Crippen LogP contribution in [0.15, 0.2) is 211 Å². The largest absolute Gasteiger partial charge is 0.455 e. The standard InChI is InChI=1S/C60H42OS/c1-37-13-10-18-43(33-37)57(44-19-11-14-38(2)34-44)52-35-42-17-6-7-20-46(42)59-48(52)31-32-49-47-30-29-45(36-53(47)61-60(49)59)56(41-27-25-40(26-28-41)39-15-4-3-5-16-39)51-22-12-24-55-58(51)50-21-8-9-23-54(50)62-55/h3-36,56-57H,1-2H3. The Balaban J connectivity index is 1.09. The molecule has 0 fully saturated rings. The van der Waals surface area contributed by atoms with Gasteiger partial charge in [-0.3, -0.25) is 0 Å². The van der Waals surface area contributed by atoms with E-state index >= 15 is 0 Å². The molecular weight excluding hydrogens is 769 g/mol. The van der Waals surface area contributed by atoms with Crippen LogP contribution in [0.2, 0.25) is 0 Å². The molecule has 0 aliphatic heterocycles. The molecule has 12 rings (SSSR count). The van der Waals surface area contributed by atoms with E-state index in [0.717, 1.165) is 21.9 Å². The highest BCUT2D eigenvalue weighted by molar-refractivity contribution is 7.25. The van der Waals surface area contributed by atoms with Crippen molar-refractivity contribution in [3.05, 3.63) is 251 Å². The molecule has 10 aromatic carbocycles. The quantitative estimate of drug-likeness (QED) is 0.115. The van der Waals surface area contributed by atoms with Crippen LogP contribution in [0.4, 0.5) is 0 Å². The first-order chi connectivity index (χ1) is 30.6. The monoisotopic (exact) mass is 810 g/mol. The maximum Gasteiger partial charge on any atom is 0.143 e. The molecule has 2 heteroatoms. The van der Waals surface area contributed by atoms with E-state index in [4.69, 9.17) is 4.42 Å². The first-order valence-electron chi connectivity index (χ1n) is 21.5. The molecule has 0 aliphatic rings. The molecule has 1 unspecified atom stereocenters. The Labute approximate surface area is 365 Å². The molecule has 1 nitrogen and oxygen atoms in total. The summed E-state index contributed by atoms with van der Waals surface area (Å²) in [6.45, 7) is 4.38. The van der Waals surface area contributed by atoms with E-state index in [9.17, 15) is 0 Å². The second-order valence-electron chi connectivity index (χ2n) is 16.9. The number of hydrogen-bond donors (Lipinski definition) is 0. The van der Waals surface area contributed by atoms with E-state index < -0.39 is 0 Å². The van der Waals surface area contributed by atoms with Crippen molar-refractivity contribution < 1.29 is 4.42 Å². The number of aryl methyl sites for hydroxylation is 2. The predicted octanol–water partition coefficient (Wildman–Crippen LogP) is 16.9. The molecule has 2 heterocycles. The molecule has 0 bridgehead atoms. The third kappa shape index (κ3) is 6.05. The number of hydrogen-bond acceptors (Lipinski definition) is 2. The minimum atomic E-state index is -0.0206. The van der Waals surface area contributed by atoms with Crippen LogP contribution in [0, 0.1) is 13.8 Å². The van der Waals surface area contributed by atoms with Crippen LogP contribution in [0.3, 0.4) is 0 Å². The fourth-order valence-corrected chi connectivity index (χ4v) is 11.4. The summed E-state index contributed by atoms with van der Waals surface area (Å²) < 4.78 is 9.86. The summed E-state index contributed by atoms with van der Waals surface area (Å²) in [6, 6.07) is 76.4. The van der Waals surface area contributed by atoms with Crippen molar-refractivity contribution >= 4 is 75.0 Å². The summed E-state index contributed by atoms with van der Waals surface area (Å²) in [4.78, 5) is 0. The zero-order chi connectivity index (χ0) is 41.3. The van der Waals surface area contributed by atoms with Gasteiger partial charge in [0.05, 0.1) is 0 Å². The van der Waals surface area contributed by atoms with Gasteiger partial charge in [-0.2, -0.15) is 0 Å². The van der Waals surface area contributed by atoms with Gasteiger partial charge < -0.3 is 4.42 Å². The second kappa shape index (κ2) is 14.7. The average Bonchev–Trinajstić information content (AvgIpc) is 3.88. The van der Waals surface area contributed by atoms with E-state index in [-0.39, 0.29) is 11.8 Å². The molecule has 1 atom stereocenters. The Bertz CT molecular complexity index is 3620. The van der Waals surface area contributed by atoms with E-state index in [1.807, 2.05) is 11.3 Å². The van der Waals surface area contributed by atoms with E-state index in [2.05, 4.69) is 220 Å². The summed E-state index contributed by atoms with van der Waals surface area (Å²) in [5.41, 5.74) is 14.4. The molecule has 62 heavy (non-hydrogen) atoms. The summed E-state index contributed by atoms with van der Waals surface area (Å²) in [5.74, 6) is 0.0213. The molecule has 0 spiro atoms. The van der Waals surface area contributed by atoms with Gasteiger partial charge in [0.15, 0.2) is 0 Å². The minimum Gasteiger partial charge on any atom is -0.455 e. The zero-order valence-corrected chi connectivity index (χ0v) is 35.4. The van der Waals surface area contributed by atoms with Gasteiger partial charge in [0.1, 0.15) is 11.2 Å². The van der Waals surface area contributed by atoms with Crippen molar-refractivity contribution in [2.75, 3.05) is 0 Å². The van der Waals surface area contributed by atoms with Crippen molar-refractivity contribution in [2.24, 2.45) is 0 Å². The minimum absolute atomic E-state index is 0.0206. The van der Waals surface area contributed by atoms with Crippen molar-refractivity contribution in [1.82, 2.24) is 0 Å². The van der Waals surface area contributed by atoms with Gasteiger partial charge in [0.2, 0.25) is 0 Å². The van der Waals surface area contributed by atoms with Gasteiger partial charge in [-0.25, -0.2) is 0 Å². The van der Waals surface area contributed by atoms with E-state index in [1.165, 1.54) is 97.4 Å². The van der Waals surface area contributed by atoms with Gasteiger partial charge >= 0.3 is 0 Å². The summed E-state index contributed by atoms with van der Waals surface area (Å²) in [6.07, 6.45) is 0. The number of furan rings is 1. The Morgan fingerprint density at radius 3 is 1.74 bits per heavy atom. The first-order valence-corrected chi connectivity index (χ1v) is 22.4. The molecule has 12 aromatic rings. The van der Waals surface area contributed by atoms with Crippen LogP contribution < -0.4 is 0 Å². The van der Waals surface area contributed by atoms with Gasteiger partial charge in [-0.1, -0.05) is 187 Å². The Kier molecular flexibility index (Phi) is 8.69. The highest BCUT2D eigenvalue weighted by Gasteiger charge is 2.26. The Morgan fingerprint density at radius 2 is 0.968 bits per heavy atom. The van der Waals surface area contributed by atoms with Crippen LogP contribution >= 0.6 is 11.3 Å². The van der Waals surface area contributed by atoms with Crippen molar-refractivity contribution in [1.29, 1.82) is 0 Å². The molecule has 294 valence electrons. The van der Waals surface area contributed by atoms with Crippen LogP contribution in [-0.4, -0.2) is 0 Å². The van der Waals surface area contributed by atoms with Crippen molar-refractivity contribution in [2.45, 2.75) is 25.7 Å². The Morgan fingerprint density at radius 1 is 0.371 bits per heavy atom. The summed E-state index contributed by atoms with van der Waals surface area (Å²) in [5, 5.41) is 9.71. The van der Waals surface area contributed by atoms with E-state index in [0.29, 0.717) is 0 Å². The molecule has 0 N–H and O–H groups in total. The van der Waals surface area contributed by atoms with Gasteiger partial charge in [0, 0.05) is 48.2 Å².